The molecule has 1 nitrogen and oxygen atoms in total. The number of rotatable bonds is 7. The minimum atomic E-state index is -0.160. The molecular formula is C13H20FNS. The molecule has 0 radical (unpaired) electrons. The first kappa shape index (κ1) is 13.5. The van der Waals surface area contributed by atoms with Crippen LogP contribution >= 0.6 is 11.8 Å². The Morgan fingerprint density at radius 1 is 1.25 bits per heavy atom. The molecule has 0 amide bonds. The number of halogens is 1. The lowest BCUT2D eigenvalue weighted by atomic mass is 10.1. The normalized spacial score (nSPS) is 12.7. The summed E-state index contributed by atoms with van der Waals surface area (Å²) in [4.78, 5) is 0. The number of benzene rings is 1. The van der Waals surface area contributed by atoms with E-state index in [0.29, 0.717) is 6.04 Å². The fourth-order valence-corrected chi connectivity index (χ4v) is 2.40. The van der Waals surface area contributed by atoms with Crippen LogP contribution in [0.3, 0.4) is 0 Å². The highest BCUT2D eigenvalue weighted by atomic mass is 32.2. The minimum absolute atomic E-state index is 0.160. The maximum Gasteiger partial charge on any atom is 0.123 e. The molecule has 1 N–H and O–H groups in total. The van der Waals surface area contributed by atoms with Crippen molar-refractivity contribution in [2.75, 3.05) is 18.1 Å². The zero-order chi connectivity index (χ0) is 11.8. The Hall–Kier alpha value is -0.540. The van der Waals surface area contributed by atoms with Crippen LogP contribution in [0.1, 0.15) is 19.4 Å². The Morgan fingerprint density at radius 2 is 1.94 bits per heavy atom. The molecule has 1 unspecified atom stereocenters. The third-order valence-corrected chi connectivity index (χ3v) is 3.46. The molecule has 1 aromatic rings. The molecule has 0 heterocycles. The molecule has 16 heavy (non-hydrogen) atoms. The Labute approximate surface area is 102 Å². The number of nitrogens with one attached hydrogen (secondary N) is 1. The standard InChI is InChI=1S/C13H20FNS/c1-3-15-13(10-16-4-2)9-11-5-7-12(14)8-6-11/h5-8,13,15H,3-4,9-10H2,1-2H3. The summed E-state index contributed by atoms with van der Waals surface area (Å²) in [5.74, 6) is 2.10. The van der Waals surface area contributed by atoms with E-state index in [1.54, 1.807) is 0 Å². The summed E-state index contributed by atoms with van der Waals surface area (Å²) in [5, 5.41) is 3.47. The van der Waals surface area contributed by atoms with E-state index < -0.39 is 0 Å². The Morgan fingerprint density at radius 3 is 2.50 bits per heavy atom. The van der Waals surface area contributed by atoms with Crippen LogP contribution in [-0.2, 0) is 6.42 Å². The van der Waals surface area contributed by atoms with Gasteiger partial charge in [-0.3, -0.25) is 0 Å². The van der Waals surface area contributed by atoms with Crippen LogP contribution in [0.2, 0.25) is 0 Å². The van der Waals surface area contributed by atoms with Gasteiger partial charge >= 0.3 is 0 Å². The average Bonchev–Trinajstić information content (AvgIpc) is 2.29. The quantitative estimate of drug-likeness (QED) is 0.787. The molecule has 0 aliphatic carbocycles. The van der Waals surface area contributed by atoms with Crippen LogP contribution in [0.5, 0.6) is 0 Å². The maximum absolute atomic E-state index is 12.8. The Kier molecular flexibility index (Phi) is 6.50. The molecule has 0 aromatic heterocycles. The van der Waals surface area contributed by atoms with E-state index in [2.05, 4.69) is 19.2 Å². The maximum atomic E-state index is 12.8. The van der Waals surface area contributed by atoms with Crippen molar-refractivity contribution >= 4 is 11.8 Å². The summed E-state index contributed by atoms with van der Waals surface area (Å²) in [6.07, 6.45) is 0.973. The number of likely N-dealkylation sites (N-methyl/N-ethyl adjacent to an activating group) is 1. The second kappa shape index (κ2) is 7.69. The van der Waals surface area contributed by atoms with Crippen molar-refractivity contribution in [1.29, 1.82) is 0 Å². The van der Waals surface area contributed by atoms with E-state index in [9.17, 15) is 4.39 Å². The smallest absolute Gasteiger partial charge is 0.123 e. The van der Waals surface area contributed by atoms with Crippen molar-refractivity contribution in [2.45, 2.75) is 26.3 Å². The average molecular weight is 241 g/mol. The van der Waals surface area contributed by atoms with Gasteiger partial charge in [0.15, 0.2) is 0 Å². The monoisotopic (exact) mass is 241 g/mol. The van der Waals surface area contributed by atoms with Gasteiger partial charge < -0.3 is 5.32 Å². The summed E-state index contributed by atoms with van der Waals surface area (Å²) < 4.78 is 12.8. The van der Waals surface area contributed by atoms with E-state index in [4.69, 9.17) is 0 Å². The first-order chi connectivity index (χ1) is 7.76. The predicted octanol–water partition coefficient (Wildman–Crippen LogP) is 3.10. The second-order valence-electron chi connectivity index (χ2n) is 3.74. The summed E-state index contributed by atoms with van der Waals surface area (Å²) in [6.45, 7) is 5.27. The highest BCUT2D eigenvalue weighted by molar-refractivity contribution is 7.99. The largest absolute Gasteiger partial charge is 0.313 e. The molecule has 0 saturated carbocycles. The fraction of sp³-hybridized carbons (Fsp3) is 0.538. The van der Waals surface area contributed by atoms with Gasteiger partial charge in [-0.2, -0.15) is 11.8 Å². The topological polar surface area (TPSA) is 12.0 Å². The third-order valence-electron chi connectivity index (χ3n) is 2.41. The Bertz CT molecular complexity index is 286. The number of hydrogen-bond donors (Lipinski definition) is 1. The SMILES string of the molecule is CCNC(CSCC)Cc1ccc(F)cc1. The van der Waals surface area contributed by atoms with Gasteiger partial charge in [0.1, 0.15) is 5.82 Å². The van der Waals surface area contributed by atoms with Gasteiger partial charge in [0.25, 0.3) is 0 Å². The van der Waals surface area contributed by atoms with Crippen molar-refractivity contribution in [3.05, 3.63) is 35.6 Å². The zero-order valence-electron chi connectivity index (χ0n) is 10.0. The number of hydrogen-bond acceptors (Lipinski definition) is 2. The van der Waals surface area contributed by atoms with Gasteiger partial charge in [-0.25, -0.2) is 4.39 Å². The lowest BCUT2D eigenvalue weighted by molar-refractivity contribution is 0.571. The van der Waals surface area contributed by atoms with E-state index in [0.717, 1.165) is 24.5 Å². The molecule has 0 aliphatic heterocycles. The van der Waals surface area contributed by atoms with Crippen molar-refractivity contribution < 1.29 is 4.39 Å². The molecule has 3 heteroatoms. The van der Waals surface area contributed by atoms with Crippen LogP contribution in [-0.4, -0.2) is 24.1 Å². The molecule has 0 aliphatic rings. The van der Waals surface area contributed by atoms with Crippen molar-refractivity contribution in [3.63, 3.8) is 0 Å². The van der Waals surface area contributed by atoms with Crippen molar-refractivity contribution in [2.24, 2.45) is 0 Å². The van der Waals surface area contributed by atoms with E-state index >= 15 is 0 Å². The van der Waals surface area contributed by atoms with Crippen LogP contribution in [0.25, 0.3) is 0 Å². The summed E-state index contributed by atoms with van der Waals surface area (Å²) in [6, 6.07) is 7.30. The minimum Gasteiger partial charge on any atom is -0.313 e. The summed E-state index contributed by atoms with van der Waals surface area (Å²) in [5.41, 5.74) is 1.20. The van der Waals surface area contributed by atoms with Gasteiger partial charge in [0.2, 0.25) is 0 Å². The van der Waals surface area contributed by atoms with Crippen LogP contribution in [0, 0.1) is 5.82 Å². The molecule has 0 fully saturated rings. The van der Waals surface area contributed by atoms with Crippen LogP contribution < -0.4 is 5.32 Å². The zero-order valence-corrected chi connectivity index (χ0v) is 10.8. The first-order valence-corrected chi connectivity index (χ1v) is 6.97. The lowest BCUT2D eigenvalue weighted by Crippen LogP contribution is -2.33. The van der Waals surface area contributed by atoms with Crippen molar-refractivity contribution in [3.8, 4) is 0 Å². The second-order valence-corrected chi connectivity index (χ2v) is 5.06. The highest BCUT2D eigenvalue weighted by Gasteiger charge is 2.07. The molecule has 0 spiro atoms. The molecule has 0 bridgehead atoms. The molecule has 90 valence electrons. The van der Waals surface area contributed by atoms with Crippen LogP contribution in [0.15, 0.2) is 24.3 Å². The third kappa shape index (κ3) is 4.99. The van der Waals surface area contributed by atoms with E-state index in [-0.39, 0.29) is 5.82 Å². The van der Waals surface area contributed by atoms with E-state index in [1.165, 1.54) is 17.7 Å². The van der Waals surface area contributed by atoms with Gasteiger partial charge in [-0.05, 0) is 36.4 Å². The van der Waals surface area contributed by atoms with Gasteiger partial charge in [-0.1, -0.05) is 26.0 Å². The van der Waals surface area contributed by atoms with Crippen molar-refractivity contribution in [1.82, 2.24) is 5.32 Å². The molecule has 1 aromatic carbocycles. The summed E-state index contributed by atoms with van der Waals surface area (Å²) in [7, 11) is 0. The molecule has 1 atom stereocenters. The Balaban J connectivity index is 2.49. The van der Waals surface area contributed by atoms with Gasteiger partial charge in [-0.15, -0.1) is 0 Å². The summed E-state index contributed by atoms with van der Waals surface area (Å²) >= 11 is 1.94. The molecular weight excluding hydrogens is 221 g/mol. The number of thioether (sulfide) groups is 1. The van der Waals surface area contributed by atoms with E-state index in [1.807, 2.05) is 23.9 Å². The fourth-order valence-electron chi connectivity index (χ4n) is 1.64. The van der Waals surface area contributed by atoms with Crippen LogP contribution in [0.4, 0.5) is 4.39 Å². The predicted molar refractivity (Wildman–Crippen MR) is 70.6 cm³/mol. The lowest BCUT2D eigenvalue weighted by Gasteiger charge is -2.17. The molecule has 0 saturated heterocycles. The molecule has 1 rings (SSSR count). The highest BCUT2D eigenvalue weighted by Crippen LogP contribution is 2.10. The van der Waals surface area contributed by atoms with Gasteiger partial charge in [0.05, 0.1) is 0 Å². The van der Waals surface area contributed by atoms with Gasteiger partial charge in [0, 0.05) is 11.8 Å². The first-order valence-electron chi connectivity index (χ1n) is 5.81.